The van der Waals surface area contributed by atoms with Gasteiger partial charge in [-0.25, -0.2) is 19.2 Å². The number of pyridine rings is 2. The number of nitrogens with one attached hydrogen (secondary N) is 2. The van der Waals surface area contributed by atoms with Gasteiger partial charge in [0.25, 0.3) is 0 Å². The number of anilines is 3. The van der Waals surface area contributed by atoms with Gasteiger partial charge in [0.05, 0.1) is 11.3 Å². The molecule has 1 saturated carbocycles. The van der Waals surface area contributed by atoms with E-state index in [1.165, 1.54) is 6.20 Å². The summed E-state index contributed by atoms with van der Waals surface area (Å²) in [4.78, 5) is 20.8. The summed E-state index contributed by atoms with van der Waals surface area (Å²) >= 11 is 0. The lowest BCUT2D eigenvalue weighted by atomic mass is 9.76. The first-order chi connectivity index (χ1) is 16.3. The molecule has 1 aromatic carbocycles. The smallest absolute Gasteiger partial charge is 0.413 e. The Kier molecular flexibility index (Phi) is 5.40. The number of nitrogens with zero attached hydrogens (tertiary/aromatic N) is 2. The van der Waals surface area contributed by atoms with Gasteiger partial charge in [-0.3, -0.25) is 5.32 Å². The zero-order valence-corrected chi connectivity index (χ0v) is 18.9. The summed E-state index contributed by atoms with van der Waals surface area (Å²) < 4.78 is 26.2. The van der Waals surface area contributed by atoms with E-state index >= 15 is 4.39 Å². The van der Waals surface area contributed by atoms with Crippen LogP contribution in [0, 0.1) is 12.7 Å². The van der Waals surface area contributed by atoms with E-state index in [0.29, 0.717) is 60.2 Å². The molecule has 178 valence electrons. The molecule has 1 aliphatic carbocycles. The van der Waals surface area contributed by atoms with Crippen molar-refractivity contribution in [2.75, 3.05) is 29.5 Å². The van der Waals surface area contributed by atoms with E-state index in [1.54, 1.807) is 18.3 Å². The van der Waals surface area contributed by atoms with Gasteiger partial charge in [0.1, 0.15) is 24.2 Å². The van der Waals surface area contributed by atoms with Crippen molar-refractivity contribution in [3.8, 4) is 17.0 Å². The summed E-state index contributed by atoms with van der Waals surface area (Å²) in [5.41, 5.74) is 7.72. The zero-order chi connectivity index (χ0) is 24.0. The van der Waals surface area contributed by atoms with E-state index in [9.17, 15) is 9.90 Å². The second kappa shape index (κ2) is 8.28. The van der Waals surface area contributed by atoms with Gasteiger partial charge in [0.15, 0.2) is 5.82 Å². The lowest BCUT2D eigenvalue weighted by Crippen LogP contribution is -2.48. The number of nitrogens with two attached hydrogens (primary N) is 1. The van der Waals surface area contributed by atoms with Gasteiger partial charge >= 0.3 is 6.09 Å². The molecule has 3 aromatic rings. The Hall–Kier alpha value is -3.66. The summed E-state index contributed by atoms with van der Waals surface area (Å²) in [6.07, 6.45) is 3.43. The van der Waals surface area contributed by atoms with Crippen molar-refractivity contribution in [3.63, 3.8) is 0 Å². The highest BCUT2D eigenvalue weighted by Gasteiger charge is 2.43. The van der Waals surface area contributed by atoms with Crippen molar-refractivity contribution in [1.82, 2.24) is 9.97 Å². The fraction of sp³-hybridized carbons (Fsp3) is 0.375. The number of benzene rings is 1. The average Bonchev–Trinajstić information content (AvgIpc) is 2.81. The zero-order valence-electron chi connectivity index (χ0n) is 18.9. The Morgan fingerprint density at radius 2 is 2.15 bits per heavy atom. The highest BCUT2D eigenvalue weighted by atomic mass is 19.1. The number of nitrogen functional groups attached to an aromatic ring is 1. The molecule has 34 heavy (non-hydrogen) atoms. The molecule has 0 unspecified atom stereocenters. The van der Waals surface area contributed by atoms with Crippen molar-refractivity contribution in [2.24, 2.45) is 0 Å². The number of amides is 1. The summed E-state index contributed by atoms with van der Waals surface area (Å²) in [6, 6.07) is 3.27. The molecule has 10 heteroatoms. The van der Waals surface area contributed by atoms with E-state index in [2.05, 4.69) is 20.6 Å². The van der Waals surface area contributed by atoms with Crippen LogP contribution in [0.5, 0.6) is 5.88 Å². The topological polar surface area (TPSA) is 132 Å². The van der Waals surface area contributed by atoms with E-state index in [4.69, 9.17) is 15.2 Å². The fourth-order valence-electron chi connectivity index (χ4n) is 4.50. The van der Waals surface area contributed by atoms with Gasteiger partial charge in [-0.05, 0) is 36.4 Å². The molecule has 9 nitrogen and oxygen atoms in total. The molecule has 5 N–H and O–H groups in total. The van der Waals surface area contributed by atoms with Crippen LogP contribution in [0.2, 0.25) is 0 Å². The third kappa shape index (κ3) is 3.83. The van der Waals surface area contributed by atoms with Gasteiger partial charge in [-0.15, -0.1) is 0 Å². The number of hydrogen-bond donors (Lipinski definition) is 4. The maximum atomic E-state index is 15.3. The summed E-state index contributed by atoms with van der Waals surface area (Å²) in [5.74, 6) is 0.166. The van der Waals surface area contributed by atoms with Crippen LogP contribution in [0.3, 0.4) is 0 Å². The second-order valence-electron chi connectivity index (χ2n) is 8.83. The first kappa shape index (κ1) is 22.1. The van der Waals surface area contributed by atoms with E-state index in [-0.39, 0.29) is 17.6 Å². The van der Waals surface area contributed by atoms with E-state index in [1.807, 2.05) is 13.8 Å². The monoisotopic (exact) mass is 467 g/mol. The number of ether oxygens (including phenoxy) is 2. The minimum Gasteiger partial charge on any atom is -0.474 e. The fourth-order valence-corrected chi connectivity index (χ4v) is 4.50. The minimum atomic E-state index is -0.754. The summed E-state index contributed by atoms with van der Waals surface area (Å²) in [5, 5.41) is 17.0. The summed E-state index contributed by atoms with van der Waals surface area (Å²) in [7, 11) is 0. The quantitative estimate of drug-likeness (QED) is 0.424. The molecular formula is C24H26FN5O4. The molecule has 2 aromatic heterocycles. The molecule has 0 bridgehead atoms. The first-order valence-electron chi connectivity index (χ1n) is 11.2. The van der Waals surface area contributed by atoms with Crippen molar-refractivity contribution in [2.45, 2.75) is 44.8 Å². The van der Waals surface area contributed by atoms with Crippen molar-refractivity contribution < 1.29 is 23.8 Å². The standard InChI is InChI=1S/C24H26FN5O4/c1-3-24(32)8-14(9-24)34-23(31)30-18-7-13-6-15(19(25)20(26)17(13)11-28-18)16-10-29-22-21(12(16)2)27-4-5-33-22/h6-7,10-11,14,27,32H,3-5,8-9,26H2,1-2H3,(H,28,30,31)/t14-,24-. The van der Waals surface area contributed by atoms with Crippen LogP contribution in [0.4, 0.5) is 26.4 Å². The number of aliphatic hydroxyl groups is 1. The molecule has 1 fully saturated rings. The lowest BCUT2D eigenvalue weighted by molar-refractivity contribution is -0.115. The van der Waals surface area contributed by atoms with Crippen molar-refractivity contribution >= 4 is 34.1 Å². The van der Waals surface area contributed by atoms with Gasteiger partial charge < -0.3 is 25.6 Å². The number of carbonyl (C=O) groups excluding carboxylic acids is 1. The molecule has 1 aliphatic heterocycles. The number of fused-ring (bicyclic) bond motifs is 2. The number of halogens is 1. The molecular weight excluding hydrogens is 441 g/mol. The highest BCUT2D eigenvalue weighted by molar-refractivity contribution is 5.99. The molecule has 0 spiro atoms. The SMILES string of the molecule is CC[C@]1(O)C[C@H](OC(=O)Nc2cc3cc(-c4cnc5c(c4C)NCCO5)c(F)c(N)c3cn2)C1. The van der Waals surface area contributed by atoms with Gasteiger partial charge in [0, 0.05) is 48.3 Å². The van der Waals surface area contributed by atoms with Crippen LogP contribution >= 0.6 is 0 Å². The third-order valence-electron chi connectivity index (χ3n) is 6.61. The molecule has 3 heterocycles. The summed E-state index contributed by atoms with van der Waals surface area (Å²) in [6.45, 7) is 4.91. The predicted molar refractivity (Wildman–Crippen MR) is 126 cm³/mol. The number of aromatic nitrogens is 2. The largest absolute Gasteiger partial charge is 0.474 e. The molecule has 2 aliphatic rings. The Balaban J connectivity index is 1.43. The Labute approximate surface area is 195 Å². The molecule has 5 rings (SSSR count). The van der Waals surface area contributed by atoms with Gasteiger partial charge in [-0.2, -0.15) is 0 Å². The number of carbonyl (C=O) groups is 1. The van der Waals surface area contributed by atoms with Crippen LogP contribution in [0.25, 0.3) is 21.9 Å². The van der Waals surface area contributed by atoms with Crippen LogP contribution < -0.4 is 21.1 Å². The molecule has 0 radical (unpaired) electrons. The number of hydrogen-bond acceptors (Lipinski definition) is 8. The normalized spacial score (nSPS) is 21.1. The average molecular weight is 468 g/mol. The maximum absolute atomic E-state index is 15.3. The highest BCUT2D eigenvalue weighted by Crippen LogP contribution is 2.40. The van der Waals surface area contributed by atoms with E-state index < -0.39 is 17.5 Å². The van der Waals surface area contributed by atoms with Crippen LogP contribution in [0.15, 0.2) is 24.5 Å². The van der Waals surface area contributed by atoms with Crippen molar-refractivity contribution in [3.05, 3.63) is 35.9 Å². The minimum absolute atomic E-state index is 0.0382. The van der Waals surface area contributed by atoms with Gasteiger partial charge in [-0.1, -0.05) is 6.92 Å². The van der Waals surface area contributed by atoms with Crippen LogP contribution in [-0.2, 0) is 4.74 Å². The van der Waals surface area contributed by atoms with Crippen LogP contribution in [-0.4, -0.2) is 46.0 Å². The molecule has 0 saturated heterocycles. The lowest BCUT2D eigenvalue weighted by Gasteiger charge is -2.42. The van der Waals surface area contributed by atoms with Crippen molar-refractivity contribution in [1.29, 1.82) is 0 Å². The molecule has 0 atom stereocenters. The third-order valence-corrected chi connectivity index (χ3v) is 6.61. The Morgan fingerprint density at radius 3 is 2.91 bits per heavy atom. The first-order valence-corrected chi connectivity index (χ1v) is 11.2. The predicted octanol–water partition coefficient (Wildman–Crippen LogP) is 3.98. The second-order valence-corrected chi connectivity index (χ2v) is 8.83. The van der Waals surface area contributed by atoms with Gasteiger partial charge in [0.2, 0.25) is 5.88 Å². The van der Waals surface area contributed by atoms with Crippen LogP contribution in [0.1, 0.15) is 31.7 Å². The maximum Gasteiger partial charge on any atom is 0.413 e. The molecule has 1 amide bonds. The Bertz CT molecular complexity index is 1290. The van der Waals surface area contributed by atoms with E-state index in [0.717, 1.165) is 11.3 Å². The number of rotatable bonds is 4. The Morgan fingerprint density at radius 1 is 1.35 bits per heavy atom.